The van der Waals surface area contributed by atoms with Crippen LogP contribution in [0, 0.1) is 6.92 Å². The van der Waals surface area contributed by atoms with E-state index in [-0.39, 0.29) is 11.6 Å². The maximum atomic E-state index is 6.36. The fourth-order valence-corrected chi connectivity index (χ4v) is 4.91. The summed E-state index contributed by atoms with van der Waals surface area (Å²) in [6.45, 7) is 5.96. The summed E-state index contributed by atoms with van der Waals surface area (Å²) < 4.78 is 11.6. The van der Waals surface area contributed by atoms with Gasteiger partial charge < -0.3 is 14.6 Å². The van der Waals surface area contributed by atoms with Gasteiger partial charge in [-0.25, -0.2) is 0 Å². The summed E-state index contributed by atoms with van der Waals surface area (Å²) in [4.78, 5) is 3.00. The van der Waals surface area contributed by atoms with Gasteiger partial charge in [-0.3, -0.25) is 0 Å². The quantitative estimate of drug-likeness (QED) is 0.920. The largest absolute Gasteiger partial charge is 0.370 e. The molecule has 0 saturated carbocycles. The van der Waals surface area contributed by atoms with Gasteiger partial charge in [0.15, 0.2) is 0 Å². The van der Waals surface area contributed by atoms with E-state index in [9.17, 15) is 0 Å². The molecule has 0 radical (unpaired) electrons. The second-order valence-electron chi connectivity index (χ2n) is 6.32. The lowest BCUT2D eigenvalue weighted by molar-refractivity contribution is -0.0894. The van der Waals surface area contributed by atoms with E-state index in [1.165, 1.54) is 15.3 Å². The Bertz CT molecular complexity index is 678. The number of piperidine rings is 1. The standard InChI is InChI=1S/C17H22N2O2S/c1-3-12-9-13-16(22-12)4-7-20-17(13)5-6-18-15(10-17)14-8-11(2)21-19-14/h8-9,15,18H,3-7,10H2,1-2H3. The molecule has 1 N–H and O–H groups in total. The van der Waals surface area contributed by atoms with Crippen molar-refractivity contribution in [3.63, 3.8) is 0 Å². The zero-order valence-corrected chi connectivity index (χ0v) is 14.0. The first-order valence-corrected chi connectivity index (χ1v) is 8.94. The van der Waals surface area contributed by atoms with Crippen LogP contribution in [0.3, 0.4) is 0 Å². The van der Waals surface area contributed by atoms with Crippen molar-refractivity contribution in [2.24, 2.45) is 0 Å². The smallest absolute Gasteiger partial charge is 0.133 e. The number of aromatic nitrogens is 1. The first kappa shape index (κ1) is 14.4. The highest BCUT2D eigenvalue weighted by Gasteiger charge is 2.44. The molecule has 1 fully saturated rings. The van der Waals surface area contributed by atoms with Crippen molar-refractivity contribution in [1.82, 2.24) is 10.5 Å². The first-order valence-electron chi connectivity index (χ1n) is 8.13. The third-order valence-electron chi connectivity index (χ3n) is 4.86. The molecule has 2 aromatic rings. The first-order chi connectivity index (χ1) is 10.7. The number of rotatable bonds is 2. The van der Waals surface area contributed by atoms with Crippen molar-refractivity contribution in [1.29, 1.82) is 0 Å². The van der Waals surface area contributed by atoms with Crippen LogP contribution < -0.4 is 5.32 Å². The van der Waals surface area contributed by atoms with Gasteiger partial charge in [-0.05, 0) is 37.9 Å². The number of hydrogen-bond donors (Lipinski definition) is 1. The van der Waals surface area contributed by atoms with Gasteiger partial charge in [-0.2, -0.15) is 0 Å². The molecule has 118 valence electrons. The predicted molar refractivity (Wildman–Crippen MR) is 86.2 cm³/mol. The van der Waals surface area contributed by atoms with Gasteiger partial charge in [-0.15, -0.1) is 11.3 Å². The molecule has 2 atom stereocenters. The second kappa shape index (κ2) is 5.48. The molecule has 4 nitrogen and oxygen atoms in total. The molecular weight excluding hydrogens is 296 g/mol. The molecule has 0 amide bonds. The molecule has 5 heteroatoms. The molecular formula is C17H22N2O2S. The van der Waals surface area contributed by atoms with Crippen LogP contribution in [-0.4, -0.2) is 18.3 Å². The zero-order chi connectivity index (χ0) is 15.2. The molecule has 2 aliphatic heterocycles. The van der Waals surface area contributed by atoms with Gasteiger partial charge >= 0.3 is 0 Å². The topological polar surface area (TPSA) is 47.3 Å². The predicted octanol–water partition coefficient (Wildman–Crippen LogP) is 3.50. The van der Waals surface area contributed by atoms with Crippen LogP contribution in [0.4, 0.5) is 0 Å². The zero-order valence-electron chi connectivity index (χ0n) is 13.1. The number of nitrogens with zero attached hydrogens (tertiary/aromatic N) is 1. The normalized spacial score (nSPS) is 28.0. The SMILES string of the molecule is CCc1cc2c(s1)CCOC21CCNC(c2cc(C)on2)C1. The van der Waals surface area contributed by atoms with Crippen LogP contribution in [0.5, 0.6) is 0 Å². The Morgan fingerprint density at radius 1 is 1.45 bits per heavy atom. The summed E-state index contributed by atoms with van der Waals surface area (Å²) in [7, 11) is 0. The van der Waals surface area contributed by atoms with Gasteiger partial charge in [-0.1, -0.05) is 12.1 Å². The monoisotopic (exact) mass is 318 g/mol. The number of aryl methyl sites for hydroxylation is 2. The van der Waals surface area contributed by atoms with Crippen molar-refractivity contribution in [2.75, 3.05) is 13.2 Å². The van der Waals surface area contributed by atoms with Crippen LogP contribution in [0.2, 0.25) is 0 Å². The molecule has 2 aliphatic rings. The van der Waals surface area contributed by atoms with E-state index in [1.54, 1.807) is 0 Å². The van der Waals surface area contributed by atoms with Crippen LogP contribution >= 0.6 is 11.3 Å². The number of hydrogen-bond acceptors (Lipinski definition) is 5. The van der Waals surface area contributed by atoms with E-state index in [2.05, 4.69) is 23.5 Å². The number of thiophene rings is 1. The van der Waals surface area contributed by atoms with E-state index in [4.69, 9.17) is 9.26 Å². The lowest BCUT2D eigenvalue weighted by atomic mass is 9.79. The third kappa shape index (κ3) is 2.32. The molecule has 0 bridgehead atoms. The highest BCUT2D eigenvalue weighted by atomic mass is 32.1. The van der Waals surface area contributed by atoms with Crippen molar-refractivity contribution in [2.45, 2.75) is 51.2 Å². The minimum absolute atomic E-state index is 0.139. The summed E-state index contributed by atoms with van der Waals surface area (Å²) >= 11 is 1.97. The Balaban J connectivity index is 1.68. The summed E-state index contributed by atoms with van der Waals surface area (Å²) in [5, 5.41) is 7.78. The lowest BCUT2D eigenvalue weighted by Gasteiger charge is -2.43. The molecule has 1 saturated heterocycles. The van der Waals surface area contributed by atoms with E-state index in [0.29, 0.717) is 0 Å². The molecule has 22 heavy (non-hydrogen) atoms. The molecule has 4 heterocycles. The van der Waals surface area contributed by atoms with Gasteiger partial charge in [0.2, 0.25) is 0 Å². The summed E-state index contributed by atoms with van der Waals surface area (Å²) in [5.41, 5.74) is 2.30. The van der Waals surface area contributed by atoms with Crippen LogP contribution in [0.15, 0.2) is 16.7 Å². The van der Waals surface area contributed by atoms with E-state index in [1.807, 2.05) is 24.3 Å². The van der Waals surface area contributed by atoms with Crippen LogP contribution in [0.1, 0.15) is 52.6 Å². The number of fused-ring (bicyclic) bond motifs is 2. The third-order valence-corrected chi connectivity index (χ3v) is 6.20. The van der Waals surface area contributed by atoms with Gasteiger partial charge in [0.25, 0.3) is 0 Å². The van der Waals surface area contributed by atoms with Crippen molar-refractivity contribution >= 4 is 11.3 Å². The van der Waals surface area contributed by atoms with E-state index < -0.39 is 0 Å². The van der Waals surface area contributed by atoms with Crippen molar-refractivity contribution < 1.29 is 9.26 Å². The Hall–Kier alpha value is -1.17. The highest BCUT2D eigenvalue weighted by molar-refractivity contribution is 7.12. The maximum Gasteiger partial charge on any atom is 0.133 e. The molecule has 0 aliphatic carbocycles. The lowest BCUT2D eigenvalue weighted by Crippen LogP contribution is -2.45. The number of ether oxygens (including phenoxy) is 1. The average Bonchev–Trinajstić information content (AvgIpc) is 3.14. The summed E-state index contributed by atoms with van der Waals surface area (Å²) in [6.07, 6.45) is 4.14. The minimum atomic E-state index is -0.139. The Kier molecular flexibility index (Phi) is 3.59. The fraction of sp³-hybridized carbons (Fsp3) is 0.588. The average molecular weight is 318 g/mol. The van der Waals surface area contributed by atoms with Gasteiger partial charge in [0.1, 0.15) is 11.5 Å². The maximum absolute atomic E-state index is 6.36. The molecule has 2 unspecified atom stereocenters. The Labute approximate surface area is 134 Å². The van der Waals surface area contributed by atoms with Crippen LogP contribution in [-0.2, 0) is 23.2 Å². The van der Waals surface area contributed by atoms with Crippen molar-refractivity contribution in [3.8, 4) is 0 Å². The second-order valence-corrected chi connectivity index (χ2v) is 7.54. The van der Waals surface area contributed by atoms with Crippen LogP contribution in [0.25, 0.3) is 0 Å². The number of nitrogens with one attached hydrogen (secondary N) is 1. The fourth-order valence-electron chi connectivity index (χ4n) is 3.73. The molecule has 2 aromatic heterocycles. The molecule has 0 aromatic carbocycles. The highest BCUT2D eigenvalue weighted by Crippen LogP contribution is 2.47. The minimum Gasteiger partial charge on any atom is -0.370 e. The molecule has 4 rings (SSSR count). The summed E-state index contributed by atoms with van der Waals surface area (Å²) in [5.74, 6) is 0.866. The Morgan fingerprint density at radius 2 is 2.36 bits per heavy atom. The van der Waals surface area contributed by atoms with Gasteiger partial charge in [0, 0.05) is 28.7 Å². The van der Waals surface area contributed by atoms with E-state index in [0.717, 1.165) is 50.3 Å². The van der Waals surface area contributed by atoms with Gasteiger partial charge in [0.05, 0.1) is 18.2 Å². The van der Waals surface area contributed by atoms with Crippen molar-refractivity contribution in [3.05, 3.63) is 38.9 Å². The molecule has 1 spiro atoms. The Morgan fingerprint density at radius 3 is 3.14 bits per heavy atom. The van der Waals surface area contributed by atoms with E-state index >= 15 is 0 Å². The summed E-state index contributed by atoms with van der Waals surface area (Å²) in [6, 6.07) is 4.63.